The first kappa shape index (κ1) is 12.5. The summed E-state index contributed by atoms with van der Waals surface area (Å²) in [5, 5.41) is 14.3. The Hall–Kier alpha value is -1.99. The normalized spacial score (nSPS) is 19.2. The van der Waals surface area contributed by atoms with Gasteiger partial charge in [-0.15, -0.1) is 0 Å². The van der Waals surface area contributed by atoms with Crippen molar-refractivity contribution < 1.29 is 19.4 Å². The van der Waals surface area contributed by atoms with E-state index in [1.165, 1.54) is 18.3 Å². The van der Waals surface area contributed by atoms with Crippen LogP contribution in [0.25, 0.3) is 0 Å². The molecule has 1 aliphatic rings. The SMILES string of the molecule is O=C(O)c1ccc(NC(=O)C2COCCN2)cn1. The topological polar surface area (TPSA) is 101 Å². The number of carboxylic acid groups (broad SMARTS) is 1. The van der Waals surface area contributed by atoms with Crippen LogP contribution in [0.4, 0.5) is 5.69 Å². The van der Waals surface area contributed by atoms with Gasteiger partial charge in [-0.1, -0.05) is 0 Å². The summed E-state index contributed by atoms with van der Waals surface area (Å²) in [4.78, 5) is 26.1. The lowest BCUT2D eigenvalue weighted by Gasteiger charge is -2.22. The number of carboxylic acids is 1. The molecule has 96 valence electrons. The molecule has 1 saturated heterocycles. The third kappa shape index (κ3) is 3.02. The Morgan fingerprint density at radius 3 is 2.89 bits per heavy atom. The molecule has 0 bridgehead atoms. The number of rotatable bonds is 3. The first-order valence-corrected chi connectivity index (χ1v) is 5.48. The molecule has 1 unspecified atom stereocenters. The number of carbonyl (C=O) groups is 2. The van der Waals surface area contributed by atoms with Crippen molar-refractivity contribution in [2.75, 3.05) is 25.1 Å². The zero-order valence-electron chi connectivity index (χ0n) is 9.55. The number of anilines is 1. The summed E-state index contributed by atoms with van der Waals surface area (Å²) in [6.07, 6.45) is 1.31. The third-order valence-corrected chi connectivity index (χ3v) is 2.49. The minimum Gasteiger partial charge on any atom is -0.477 e. The van der Waals surface area contributed by atoms with Gasteiger partial charge in [-0.05, 0) is 12.1 Å². The van der Waals surface area contributed by atoms with Crippen molar-refractivity contribution in [3.63, 3.8) is 0 Å². The molecular weight excluding hydrogens is 238 g/mol. The second-order valence-corrected chi connectivity index (χ2v) is 3.81. The summed E-state index contributed by atoms with van der Waals surface area (Å²) in [6, 6.07) is 2.44. The van der Waals surface area contributed by atoms with E-state index in [1.54, 1.807) is 0 Å². The van der Waals surface area contributed by atoms with Crippen molar-refractivity contribution in [1.82, 2.24) is 10.3 Å². The van der Waals surface area contributed by atoms with E-state index >= 15 is 0 Å². The summed E-state index contributed by atoms with van der Waals surface area (Å²) in [5.41, 5.74) is 0.393. The van der Waals surface area contributed by atoms with Crippen LogP contribution in [0, 0.1) is 0 Å². The number of nitrogens with zero attached hydrogens (tertiary/aromatic N) is 1. The summed E-state index contributed by atoms with van der Waals surface area (Å²) in [5.74, 6) is -1.32. The fourth-order valence-electron chi connectivity index (χ4n) is 1.56. The van der Waals surface area contributed by atoms with Gasteiger partial charge in [0.2, 0.25) is 5.91 Å². The highest BCUT2D eigenvalue weighted by atomic mass is 16.5. The number of pyridine rings is 1. The van der Waals surface area contributed by atoms with Gasteiger partial charge in [-0.25, -0.2) is 9.78 Å². The molecule has 0 aliphatic carbocycles. The lowest BCUT2D eigenvalue weighted by Crippen LogP contribution is -2.48. The van der Waals surface area contributed by atoms with Gasteiger partial charge >= 0.3 is 5.97 Å². The Morgan fingerprint density at radius 2 is 2.33 bits per heavy atom. The molecule has 7 nitrogen and oxygen atoms in total. The fourth-order valence-corrected chi connectivity index (χ4v) is 1.56. The van der Waals surface area contributed by atoms with Gasteiger partial charge in [-0.3, -0.25) is 4.79 Å². The molecule has 0 radical (unpaired) electrons. The number of nitrogens with one attached hydrogen (secondary N) is 2. The first-order valence-electron chi connectivity index (χ1n) is 5.48. The molecule has 1 atom stereocenters. The fraction of sp³-hybridized carbons (Fsp3) is 0.364. The van der Waals surface area contributed by atoms with Crippen molar-refractivity contribution in [2.24, 2.45) is 0 Å². The molecule has 3 N–H and O–H groups in total. The van der Waals surface area contributed by atoms with E-state index < -0.39 is 12.0 Å². The maximum Gasteiger partial charge on any atom is 0.354 e. The number of aromatic nitrogens is 1. The summed E-state index contributed by atoms with van der Waals surface area (Å²) < 4.78 is 5.17. The lowest BCUT2D eigenvalue weighted by molar-refractivity contribution is -0.120. The highest BCUT2D eigenvalue weighted by Crippen LogP contribution is 2.07. The summed E-state index contributed by atoms with van der Waals surface area (Å²) >= 11 is 0. The Labute approximate surface area is 103 Å². The Bertz CT molecular complexity index is 440. The average molecular weight is 251 g/mol. The molecular formula is C11H13N3O4. The molecule has 0 spiro atoms. The minimum atomic E-state index is -1.10. The monoisotopic (exact) mass is 251 g/mol. The minimum absolute atomic E-state index is 0.0628. The van der Waals surface area contributed by atoms with E-state index in [4.69, 9.17) is 9.84 Å². The zero-order valence-corrected chi connectivity index (χ0v) is 9.55. The highest BCUT2D eigenvalue weighted by molar-refractivity contribution is 5.95. The Morgan fingerprint density at radius 1 is 1.50 bits per heavy atom. The molecule has 1 aromatic heterocycles. The van der Waals surface area contributed by atoms with E-state index in [9.17, 15) is 9.59 Å². The maximum absolute atomic E-state index is 11.8. The maximum atomic E-state index is 11.8. The molecule has 1 aromatic rings. The van der Waals surface area contributed by atoms with E-state index in [1.807, 2.05) is 0 Å². The number of amides is 1. The van der Waals surface area contributed by atoms with Gasteiger partial charge in [-0.2, -0.15) is 0 Å². The number of aromatic carboxylic acids is 1. The van der Waals surface area contributed by atoms with Gasteiger partial charge in [0, 0.05) is 6.54 Å². The molecule has 18 heavy (non-hydrogen) atoms. The van der Waals surface area contributed by atoms with E-state index in [0.29, 0.717) is 25.4 Å². The molecule has 0 aromatic carbocycles. The van der Waals surface area contributed by atoms with Crippen LogP contribution in [-0.2, 0) is 9.53 Å². The predicted molar refractivity (Wildman–Crippen MR) is 62.4 cm³/mol. The second kappa shape index (κ2) is 5.56. The molecule has 7 heteroatoms. The van der Waals surface area contributed by atoms with Crippen LogP contribution in [0.2, 0.25) is 0 Å². The van der Waals surface area contributed by atoms with Crippen molar-refractivity contribution in [1.29, 1.82) is 0 Å². The van der Waals surface area contributed by atoms with E-state index in [2.05, 4.69) is 15.6 Å². The zero-order chi connectivity index (χ0) is 13.0. The number of hydrogen-bond donors (Lipinski definition) is 3. The van der Waals surface area contributed by atoms with Crippen LogP contribution in [0.1, 0.15) is 10.5 Å². The van der Waals surface area contributed by atoms with Gasteiger partial charge in [0.25, 0.3) is 0 Å². The quantitative estimate of drug-likeness (QED) is 0.682. The Kier molecular flexibility index (Phi) is 3.85. The van der Waals surface area contributed by atoms with Gasteiger partial charge in [0.05, 0.1) is 25.1 Å². The van der Waals surface area contributed by atoms with E-state index in [-0.39, 0.29) is 11.6 Å². The highest BCUT2D eigenvalue weighted by Gasteiger charge is 2.21. The van der Waals surface area contributed by atoms with Gasteiger partial charge < -0.3 is 20.5 Å². The summed E-state index contributed by atoms with van der Waals surface area (Å²) in [6.45, 7) is 1.55. The van der Waals surface area contributed by atoms with Crippen LogP contribution in [0.3, 0.4) is 0 Å². The van der Waals surface area contributed by atoms with Gasteiger partial charge in [0.15, 0.2) is 0 Å². The molecule has 1 amide bonds. The number of hydrogen-bond acceptors (Lipinski definition) is 5. The van der Waals surface area contributed by atoms with Crippen LogP contribution in [0.15, 0.2) is 18.3 Å². The average Bonchev–Trinajstić information content (AvgIpc) is 2.40. The second-order valence-electron chi connectivity index (χ2n) is 3.81. The first-order chi connectivity index (χ1) is 8.66. The van der Waals surface area contributed by atoms with Crippen LogP contribution >= 0.6 is 0 Å². The molecule has 0 saturated carbocycles. The van der Waals surface area contributed by atoms with Crippen LogP contribution in [-0.4, -0.2) is 47.8 Å². The molecule has 1 aliphatic heterocycles. The largest absolute Gasteiger partial charge is 0.477 e. The van der Waals surface area contributed by atoms with Crippen LogP contribution in [0.5, 0.6) is 0 Å². The smallest absolute Gasteiger partial charge is 0.354 e. The molecule has 2 heterocycles. The third-order valence-electron chi connectivity index (χ3n) is 2.49. The lowest BCUT2D eigenvalue weighted by atomic mass is 10.2. The number of morpholine rings is 1. The van der Waals surface area contributed by atoms with Crippen molar-refractivity contribution in [3.05, 3.63) is 24.0 Å². The number of ether oxygens (including phenoxy) is 1. The van der Waals surface area contributed by atoms with Gasteiger partial charge in [0.1, 0.15) is 11.7 Å². The van der Waals surface area contributed by atoms with Crippen molar-refractivity contribution in [2.45, 2.75) is 6.04 Å². The standard InChI is InChI=1S/C11H13N3O4/c15-10(9-6-18-4-3-12-9)14-7-1-2-8(11(16)17)13-5-7/h1-2,5,9,12H,3-4,6H2,(H,14,15)(H,16,17). The summed E-state index contributed by atoms with van der Waals surface area (Å²) in [7, 11) is 0. The predicted octanol–water partition coefficient (Wildman–Crippen LogP) is -0.293. The Balaban J connectivity index is 1.96. The molecule has 1 fully saturated rings. The number of carbonyl (C=O) groups excluding carboxylic acids is 1. The van der Waals surface area contributed by atoms with E-state index in [0.717, 1.165) is 0 Å². The van der Waals surface area contributed by atoms with Crippen molar-refractivity contribution >= 4 is 17.6 Å². The molecule has 2 rings (SSSR count). The van der Waals surface area contributed by atoms with Crippen LogP contribution < -0.4 is 10.6 Å². The van der Waals surface area contributed by atoms with Crippen molar-refractivity contribution in [3.8, 4) is 0 Å².